The Balaban J connectivity index is 3.68. The van der Waals surface area contributed by atoms with Crippen molar-refractivity contribution >= 4 is 17.7 Å². The maximum atomic E-state index is 10.8. The second-order valence-corrected chi connectivity index (χ2v) is 4.01. The van der Waals surface area contributed by atoms with Crippen molar-refractivity contribution in [3.05, 3.63) is 0 Å². The zero-order valence-corrected chi connectivity index (χ0v) is 8.84. The third kappa shape index (κ3) is 5.13. The molecule has 2 atom stereocenters. The highest BCUT2D eigenvalue weighted by Crippen LogP contribution is 2.06. The van der Waals surface area contributed by atoms with E-state index in [0.717, 1.165) is 11.5 Å². The van der Waals surface area contributed by atoms with Crippen LogP contribution in [-0.2, 0) is 9.53 Å². The van der Waals surface area contributed by atoms with Gasteiger partial charge in [-0.1, -0.05) is 6.92 Å². The number of ether oxygens (including phenoxy) is 1. The lowest BCUT2D eigenvalue weighted by Crippen LogP contribution is -2.41. The van der Waals surface area contributed by atoms with Gasteiger partial charge in [-0.05, 0) is 17.9 Å². The van der Waals surface area contributed by atoms with Gasteiger partial charge in [0.25, 0.3) is 0 Å². The Morgan fingerprint density at radius 2 is 2.31 bits per heavy atom. The van der Waals surface area contributed by atoms with Gasteiger partial charge in [0.2, 0.25) is 0 Å². The lowest BCUT2D eigenvalue weighted by molar-refractivity contribution is -0.151. The Kier molecular flexibility index (Phi) is 7.03. The van der Waals surface area contributed by atoms with E-state index in [1.54, 1.807) is 11.8 Å². The average Bonchev–Trinajstić information content (AvgIpc) is 2.15. The van der Waals surface area contributed by atoms with Gasteiger partial charge >= 0.3 is 5.97 Å². The van der Waals surface area contributed by atoms with E-state index in [1.165, 1.54) is 7.11 Å². The van der Waals surface area contributed by atoms with Gasteiger partial charge in [0.05, 0.1) is 7.11 Å². The second kappa shape index (κ2) is 7.17. The molecule has 0 radical (unpaired) electrons. The molecular formula is C8H17NO3S. The average molecular weight is 207 g/mol. The normalized spacial score (nSPS) is 15.1. The predicted octanol–water partition coefficient (Wildman–Crippen LogP) is -0.00920. The first kappa shape index (κ1) is 12.7. The summed E-state index contributed by atoms with van der Waals surface area (Å²) in [5.41, 5.74) is 5.57. The highest BCUT2D eigenvalue weighted by molar-refractivity contribution is 7.99. The van der Waals surface area contributed by atoms with E-state index in [0.29, 0.717) is 6.42 Å². The largest absolute Gasteiger partial charge is 0.467 e. The molecular weight excluding hydrogens is 190 g/mol. The summed E-state index contributed by atoms with van der Waals surface area (Å²) in [6.07, 6.45) is -0.572. The van der Waals surface area contributed by atoms with Crippen molar-refractivity contribution in [2.75, 3.05) is 18.6 Å². The number of carbonyl (C=O) groups is 1. The molecule has 1 unspecified atom stereocenters. The van der Waals surface area contributed by atoms with E-state index < -0.39 is 18.1 Å². The molecule has 0 saturated carbocycles. The second-order valence-electron chi connectivity index (χ2n) is 2.62. The smallest absolute Gasteiger partial charge is 0.336 e. The molecule has 0 aliphatic heterocycles. The first-order valence-corrected chi connectivity index (χ1v) is 5.38. The fourth-order valence-corrected chi connectivity index (χ4v) is 1.54. The zero-order chi connectivity index (χ0) is 10.3. The van der Waals surface area contributed by atoms with Gasteiger partial charge < -0.3 is 15.6 Å². The molecule has 78 valence electrons. The molecule has 0 rings (SSSR count). The minimum Gasteiger partial charge on any atom is -0.467 e. The quantitative estimate of drug-likeness (QED) is 0.473. The van der Waals surface area contributed by atoms with Crippen LogP contribution in [0.5, 0.6) is 0 Å². The molecule has 0 heterocycles. The number of nitrogens with two attached hydrogens (primary N) is 1. The summed E-state index contributed by atoms with van der Waals surface area (Å²) in [7, 11) is 1.24. The molecule has 0 aromatic rings. The summed E-state index contributed by atoms with van der Waals surface area (Å²) in [5, 5.41) is 9.28. The maximum Gasteiger partial charge on any atom is 0.336 e. The minimum atomic E-state index is -1.19. The molecule has 13 heavy (non-hydrogen) atoms. The van der Waals surface area contributed by atoms with E-state index in [4.69, 9.17) is 5.73 Å². The summed E-state index contributed by atoms with van der Waals surface area (Å²) < 4.78 is 4.36. The maximum absolute atomic E-state index is 10.8. The standard InChI is InChI=1S/C8H17NO3S/c1-3-13-5-4-6(9)7(10)8(11)12-2/h6-7,10H,3-5,9H2,1-2H3/t6-,7?/m1/s1. The highest BCUT2D eigenvalue weighted by Gasteiger charge is 2.22. The van der Waals surface area contributed by atoms with Crippen LogP contribution < -0.4 is 5.73 Å². The summed E-state index contributed by atoms with van der Waals surface area (Å²) in [6.45, 7) is 2.05. The Bertz CT molecular complexity index is 154. The van der Waals surface area contributed by atoms with Crippen LogP contribution in [0.2, 0.25) is 0 Å². The third-order valence-corrected chi connectivity index (χ3v) is 2.58. The monoisotopic (exact) mass is 207 g/mol. The van der Waals surface area contributed by atoms with Gasteiger partial charge in [0.15, 0.2) is 6.10 Å². The highest BCUT2D eigenvalue weighted by atomic mass is 32.2. The van der Waals surface area contributed by atoms with Crippen LogP contribution >= 0.6 is 11.8 Å². The Labute approximate surface area is 82.8 Å². The van der Waals surface area contributed by atoms with Crippen LogP contribution in [0.15, 0.2) is 0 Å². The molecule has 0 aromatic carbocycles. The molecule has 0 bridgehead atoms. The molecule has 0 fully saturated rings. The van der Waals surface area contributed by atoms with Gasteiger partial charge in [0, 0.05) is 6.04 Å². The van der Waals surface area contributed by atoms with Crippen LogP contribution in [0.4, 0.5) is 0 Å². The lowest BCUT2D eigenvalue weighted by atomic mass is 10.1. The molecule has 0 aromatic heterocycles. The van der Waals surface area contributed by atoms with Crippen molar-refractivity contribution in [1.82, 2.24) is 0 Å². The number of aliphatic hydroxyl groups excluding tert-OH is 1. The molecule has 0 aliphatic rings. The van der Waals surface area contributed by atoms with Gasteiger partial charge in [-0.3, -0.25) is 0 Å². The van der Waals surface area contributed by atoms with Gasteiger partial charge in [-0.25, -0.2) is 4.79 Å². The summed E-state index contributed by atoms with van der Waals surface area (Å²) in [5.74, 6) is 1.21. The number of esters is 1. The first-order chi connectivity index (χ1) is 6.13. The van der Waals surface area contributed by atoms with E-state index >= 15 is 0 Å². The van der Waals surface area contributed by atoms with Crippen molar-refractivity contribution in [1.29, 1.82) is 0 Å². The molecule has 0 spiro atoms. The summed E-state index contributed by atoms with van der Waals surface area (Å²) in [4.78, 5) is 10.8. The van der Waals surface area contributed by atoms with E-state index in [9.17, 15) is 9.90 Å². The number of aliphatic hydroxyl groups is 1. The van der Waals surface area contributed by atoms with E-state index in [1.807, 2.05) is 6.92 Å². The van der Waals surface area contributed by atoms with Gasteiger partial charge in [-0.15, -0.1) is 0 Å². The molecule has 4 nitrogen and oxygen atoms in total. The Morgan fingerprint density at radius 1 is 1.69 bits per heavy atom. The molecule has 0 saturated heterocycles. The van der Waals surface area contributed by atoms with E-state index in [-0.39, 0.29) is 0 Å². The number of thioether (sulfide) groups is 1. The molecule has 0 amide bonds. The Morgan fingerprint density at radius 3 is 2.77 bits per heavy atom. The van der Waals surface area contributed by atoms with Crippen molar-refractivity contribution in [2.24, 2.45) is 5.73 Å². The van der Waals surface area contributed by atoms with E-state index in [2.05, 4.69) is 4.74 Å². The summed E-state index contributed by atoms with van der Waals surface area (Å²) in [6, 6.07) is -0.522. The summed E-state index contributed by atoms with van der Waals surface area (Å²) >= 11 is 1.73. The topological polar surface area (TPSA) is 72.5 Å². The van der Waals surface area contributed by atoms with Crippen LogP contribution in [0.25, 0.3) is 0 Å². The SMILES string of the molecule is CCSCC[C@@H](N)C(O)C(=O)OC. The van der Waals surface area contributed by atoms with Crippen LogP contribution in [0.1, 0.15) is 13.3 Å². The lowest BCUT2D eigenvalue weighted by Gasteiger charge is -2.15. The molecule has 5 heteroatoms. The van der Waals surface area contributed by atoms with Crippen LogP contribution in [-0.4, -0.2) is 41.8 Å². The molecule has 3 N–H and O–H groups in total. The molecule has 0 aliphatic carbocycles. The van der Waals surface area contributed by atoms with Crippen molar-refractivity contribution in [3.63, 3.8) is 0 Å². The first-order valence-electron chi connectivity index (χ1n) is 4.22. The number of carbonyl (C=O) groups excluding carboxylic acids is 1. The van der Waals surface area contributed by atoms with Crippen molar-refractivity contribution < 1.29 is 14.6 Å². The fourth-order valence-electron chi connectivity index (χ4n) is 0.817. The minimum absolute atomic E-state index is 0.522. The van der Waals surface area contributed by atoms with Crippen molar-refractivity contribution in [3.8, 4) is 0 Å². The fraction of sp³-hybridized carbons (Fsp3) is 0.875. The number of hydrogen-bond donors (Lipinski definition) is 2. The predicted molar refractivity (Wildman–Crippen MR) is 53.6 cm³/mol. The number of hydrogen-bond acceptors (Lipinski definition) is 5. The van der Waals surface area contributed by atoms with Gasteiger partial charge in [-0.2, -0.15) is 11.8 Å². The van der Waals surface area contributed by atoms with Crippen LogP contribution in [0.3, 0.4) is 0 Å². The third-order valence-electron chi connectivity index (χ3n) is 1.65. The Hall–Kier alpha value is -0.260. The van der Waals surface area contributed by atoms with Crippen molar-refractivity contribution in [2.45, 2.75) is 25.5 Å². The van der Waals surface area contributed by atoms with Gasteiger partial charge in [0.1, 0.15) is 0 Å². The zero-order valence-electron chi connectivity index (χ0n) is 8.03. The number of methoxy groups -OCH3 is 1. The number of rotatable bonds is 6. The van der Waals surface area contributed by atoms with Crippen LogP contribution in [0, 0.1) is 0 Å².